The molecule has 3 aliphatic carbocycles. The number of aliphatic hydroxyl groups excluding tert-OH is 1. The Hall–Kier alpha value is -0.614. The Kier molecular flexibility index (Phi) is 10.2. The molecule has 5 rings (SSSR count). The Morgan fingerprint density at radius 1 is 1.37 bits per heavy atom. The van der Waals surface area contributed by atoms with Crippen LogP contribution in [0.5, 0.6) is 5.75 Å². The number of benzene rings is 1. The fourth-order valence-electron chi connectivity index (χ4n) is 7.15. The quantitative estimate of drug-likeness (QED) is 0.467. The summed E-state index contributed by atoms with van der Waals surface area (Å²) in [6.45, 7) is 6.55. The summed E-state index contributed by atoms with van der Waals surface area (Å²) in [4.78, 5) is 17.9. The molecule has 0 aliphatic heterocycles. The molecule has 6 nitrogen and oxygen atoms in total. The molecular formula is C27H36KN3O3S. The molecule has 0 bridgehead atoms. The Balaban J connectivity index is 0.00000111. The van der Waals surface area contributed by atoms with Gasteiger partial charge in [0, 0.05) is 17.5 Å². The first kappa shape index (κ1) is 28.9. The normalized spacial score (nSPS) is 30.5. The van der Waals surface area contributed by atoms with E-state index in [0.29, 0.717) is 35.2 Å². The van der Waals surface area contributed by atoms with Crippen LogP contribution in [0, 0.1) is 30.1 Å². The molecule has 0 saturated heterocycles. The first-order chi connectivity index (χ1) is 16.4. The second-order valence-corrected chi connectivity index (χ2v) is 11.6. The number of amides is 1. The van der Waals surface area contributed by atoms with E-state index < -0.39 is 0 Å². The number of carbonyl (C=O) groups is 1. The SMILES string of the molecule is C=[N-].COc1ccc2c(c1)CCC1C2CCC2(C)C(O)CC(CCC(=O)Nc3ncc(C)s3)C12.[K+]. The summed E-state index contributed by atoms with van der Waals surface area (Å²) in [5, 5.41) is 21.5. The van der Waals surface area contributed by atoms with Crippen molar-refractivity contribution in [3.63, 3.8) is 0 Å². The van der Waals surface area contributed by atoms with Gasteiger partial charge in [-0.25, -0.2) is 11.7 Å². The molecule has 2 aromatic rings. The van der Waals surface area contributed by atoms with Crippen LogP contribution in [0.2, 0.25) is 0 Å². The van der Waals surface area contributed by atoms with Gasteiger partial charge in [-0.1, -0.05) is 13.0 Å². The zero-order chi connectivity index (χ0) is 24.5. The summed E-state index contributed by atoms with van der Waals surface area (Å²) in [5.41, 5.74) is 2.89. The Labute approximate surface area is 255 Å². The first-order valence-electron chi connectivity index (χ1n) is 12.3. The number of anilines is 1. The maximum atomic E-state index is 12.6. The molecule has 35 heavy (non-hydrogen) atoms. The summed E-state index contributed by atoms with van der Waals surface area (Å²) < 4.78 is 5.46. The van der Waals surface area contributed by atoms with E-state index in [1.54, 1.807) is 13.3 Å². The van der Waals surface area contributed by atoms with E-state index in [1.165, 1.54) is 28.9 Å². The van der Waals surface area contributed by atoms with Gasteiger partial charge in [-0.2, -0.15) is 0 Å². The van der Waals surface area contributed by atoms with Crippen LogP contribution in [-0.2, 0) is 11.2 Å². The van der Waals surface area contributed by atoms with Gasteiger partial charge in [-0.05, 0) is 97.8 Å². The average molecular weight is 522 g/mol. The maximum Gasteiger partial charge on any atom is 1.00 e. The van der Waals surface area contributed by atoms with Crippen LogP contribution >= 0.6 is 11.3 Å². The topological polar surface area (TPSA) is 93.8 Å². The summed E-state index contributed by atoms with van der Waals surface area (Å²) >= 11 is 1.51. The first-order valence-corrected chi connectivity index (χ1v) is 13.1. The number of rotatable bonds is 5. The minimum Gasteiger partial charge on any atom is -0.817 e. The molecule has 6 unspecified atom stereocenters. The van der Waals surface area contributed by atoms with Gasteiger partial charge in [0.15, 0.2) is 5.13 Å². The van der Waals surface area contributed by atoms with Crippen molar-refractivity contribution in [3.8, 4) is 5.75 Å². The van der Waals surface area contributed by atoms with E-state index in [2.05, 4.69) is 42.1 Å². The molecule has 2 N–H and O–H groups in total. The van der Waals surface area contributed by atoms with Gasteiger partial charge >= 0.3 is 51.4 Å². The molecule has 6 atom stereocenters. The molecule has 2 fully saturated rings. The second kappa shape index (κ2) is 12.3. The number of nitrogens with zero attached hydrogens (tertiary/aromatic N) is 2. The van der Waals surface area contributed by atoms with Crippen molar-refractivity contribution in [1.82, 2.24) is 4.98 Å². The van der Waals surface area contributed by atoms with E-state index in [1.807, 2.05) is 6.92 Å². The average Bonchev–Trinajstić information content (AvgIpc) is 3.37. The van der Waals surface area contributed by atoms with Gasteiger partial charge in [0.05, 0.1) is 13.2 Å². The van der Waals surface area contributed by atoms with E-state index in [-0.39, 0.29) is 68.8 Å². The number of methoxy groups -OCH3 is 1. The number of fused-ring (bicyclic) bond motifs is 5. The zero-order valence-corrected chi connectivity index (χ0v) is 25.4. The molecule has 8 heteroatoms. The molecule has 2 saturated carbocycles. The molecule has 3 aliphatic rings. The molecule has 1 aromatic carbocycles. The van der Waals surface area contributed by atoms with Crippen molar-refractivity contribution in [1.29, 1.82) is 0 Å². The number of aliphatic hydroxyl groups is 1. The van der Waals surface area contributed by atoms with Crippen molar-refractivity contribution in [2.75, 3.05) is 12.4 Å². The zero-order valence-electron chi connectivity index (χ0n) is 21.4. The summed E-state index contributed by atoms with van der Waals surface area (Å²) in [7, 11) is 1.73. The molecule has 184 valence electrons. The number of hydrogen-bond donors (Lipinski definition) is 2. The molecule has 0 spiro atoms. The van der Waals surface area contributed by atoms with E-state index in [4.69, 9.17) is 10.1 Å². The van der Waals surface area contributed by atoms with Gasteiger partial charge < -0.3 is 20.6 Å². The monoisotopic (exact) mass is 521 g/mol. The summed E-state index contributed by atoms with van der Waals surface area (Å²) in [6, 6.07) is 6.59. The fraction of sp³-hybridized carbons (Fsp3) is 0.593. The van der Waals surface area contributed by atoms with Crippen LogP contribution < -0.4 is 61.4 Å². The van der Waals surface area contributed by atoms with Gasteiger partial charge in [0.1, 0.15) is 5.75 Å². The number of aromatic nitrogens is 1. The van der Waals surface area contributed by atoms with Crippen molar-refractivity contribution < 1.29 is 66.0 Å². The van der Waals surface area contributed by atoms with Crippen molar-refractivity contribution in [2.45, 2.75) is 70.8 Å². The Bertz CT molecular complexity index is 1030. The fourth-order valence-corrected chi connectivity index (χ4v) is 7.83. The van der Waals surface area contributed by atoms with Crippen LogP contribution in [0.3, 0.4) is 0 Å². The third-order valence-electron chi connectivity index (χ3n) is 8.64. The summed E-state index contributed by atoms with van der Waals surface area (Å²) in [6.07, 6.45) is 8.13. The number of thiazole rings is 1. The Morgan fingerprint density at radius 2 is 2.14 bits per heavy atom. The van der Waals surface area contributed by atoms with Crippen molar-refractivity contribution in [2.24, 2.45) is 23.2 Å². The van der Waals surface area contributed by atoms with Crippen LogP contribution in [0.1, 0.15) is 67.4 Å². The standard InChI is InChI=1S/C26H34N2O3S.CH2N.K/c1-15-14-27-25(32-15)28-23(30)9-5-17-13-22(29)26(2)11-10-20-19-8-6-18(31-3)12-16(19)4-7-21(20)24(17)26;1-2;/h6,8,12,14,17,20-22,24,29H,4-5,7,9-11,13H2,1-3H3,(H,27,28,30);1H2;/q;-1;+1. The van der Waals surface area contributed by atoms with Crippen molar-refractivity contribution in [3.05, 3.63) is 45.8 Å². The minimum atomic E-state index is -0.264. The smallest absolute Gasteiger partial charge is 0.817 e. The number of aryl methyl sites for hydroxylation is 2. The van der Waals surface area contributed by atoms with Gasteiger partial charge in [0.25, 0.3) is 0 Å². The number of nitrogens with one attached hydrogen (secondary N) is 1. The van der Waals surface area contributed by atoms with Gasteiger partial charge in [0.2, 0.25) is 5.91 Å². The van der Waals surface area contributed by atoms with Gasteiger partial charge in [-0.15, -0.1) is 11.3 Å². The van der Waals surface area contributed by atoms with Crippen LogP contribution in [-0.4, -0.2) is 35.9 Å². The molecular weight excluding hydrogens is 485 g/mol. The third-order valence-corrected chi connectivity index (χ3v) is 9.46. The molecule has 1 amide bonds. The van der Waals surface area contributed by atoms with Crippen LogP contribution in [0.4, 0.5) is 5.13 Å². The molecule has 1 aromatic heterocycles. The molecule has 0 radical (unpaired) electrons. The van der Waals surface area contributed by atoms with E-state index >= 15 is 0 Å². The number of ether oxygens (including phenoxy) is 1. The van der Waals surface area contributed by atoms with Gasteiger partial charge in [-0.3, -0.25) is 4.79 Å². The second-order valence-electron chi connectivity index (χ2n) is 10.3. The van der Waals surface area contributed by atoms with Crippen LogP contribution in [0.15, 0.2) is 24.4 Å². The van der Waals surface area contributed by atoms with E-state index in [9.17, 15) is 9.90 Å². The minimum absolute atomic E-state index is 0. The summed E-state index contributed by atoms with van der Waals surface area (Å²) in [5.74, 6) is 2.99. The Morgan fingerprint density at radius 3 is 2.83 bits per heavy atom. The largest absolute Gasteiger partial charge is 1.00 e. The molecule has 1 heterocycles. The maximum absolute atomic E-state index is 12.6. The van der Waals surface area contributed by atoms with E-state index in [0.717, 1.165) is 42.7 Å². The third kappa shape index (κ3) is 5.79. The number of carbonyl (C=O) groups excluding carboxylic acids is 1. The van der Waals surface area contributed by atoms with Crippen molar-refractivity contribution >= 4 is 29.1 Å². The predicted molar refractivity (Wildman–Crippen MR) is 138 cm³/mol. The predicted octanol–water partition coefficient (Wildman–Crippen LogP) is 2.58. The number of hydrogen-bond acceptors (Lipinski definition) is 5. The van der Waals surface area contributed by atoms with Crippen LogP contribution in [0.25, 0.3) is 5.41 Å².